The normalized spacial score (nSPS) is 11.1. The Bertz CT molecular complexity index is 1340. The zero-order valence-electron chi connectivity index (χ0n) is 17.0. The highest BCUT2D eigenvalue weighted by molar-refractivity contribution is 6.33. The van der Waals surface area contributed by atoms with Gasteiger partial charge in [-0.2, -0.15) is 5.10 Å². The minimum atomic E-state index is -0.401. The smallest absolute Gasteiger partial charge is 0.276 e. The van der Waals surface area contributed by atoms with Crippen LogP contribution in [0.5, 0.6) is 0 Å². The lowest BCUT2D eigenvalue weighted by Gasteiger charge is -2.09. The highest BCUT2D eigenvalue weighted by Gasteiger charge is 2.18. The lowest BCUT2D eigenvalue weighted by molar-refractivity contribution is -0.117. The zero-order chi connectivity index (χ0) is 22.1. The molecule has 4 rings (SSSR count). The average Bonchev–Trinajstić information content (AvgIpc) is 2.98. The van der Waals surface area contributed by atoms with Gasteiger partial charge >= 0.3 is 0 Å². The minimum Gasteiger partial charge on any atom is -0.343 e. The fourth-order valence-corrected chi connectivity index (χ4v) is 3.84. The molecule has 0 radical (unpaired) electrons. The van der Waals surface area contributed by atoms with E-state index in [4.69, 9.17) is 11.6 Å². The number of benzene rings is 2. The van der Waals surface area contributed by atoms with E-state index >= 15 is 0 Å². The van der Waals surface area contributed by atoms with Crippen LogP contribution < -0.4 is 10.9 Å². The number of aromatic nitrogens is 3. The molecule has 1 amide bonds. The maximum Gasteiger partial charge on any atom is 0.276 e. The number of nitrogens with one attached hydrogen (secondary N) is 1. The van der Waals surface area contributed by atoms with Crippen molar-refractivity contribution >= 4 is 34.0 Å². The Balaban J connectivity index is 1.65. The molecule has 8 heteroatoms. The lowest BCUT2D eigenvalue weighted by Crippen LogP contribution is -2.29. The molecule has 0 spiro atoms. The predicted octanol–water partition coefficient (Wildman–Crippen LogP) is 4.29. The van der Waals surface area contributed by atoms with Gasteiger partial charge in [-0.05, 0) is 43.7 Å². The fraction of sp³-hybridized carbons (Fsp3) is 0.174. The van der Waals surface area contributed by atoms with E-state index < -0.39 is 5.91 Å². The third kappa shape index (κ3) is 4.09. The Kier molecular flexibility index (Phi) is 5.61. The van der Waals surface area contributed by atoms with Gasteiger partial charge in [-0.15, -0.1) is 0 Å². The molecule has 2 heterocycles. The first-order chi connectivity index (χ1) is 14.8. The molecule has 6 nitrogen and oxygen atoms in total. The van der Waals surface area contributed by atoms with Crippen LogP contribution in [0.4, 0.5) is 10.1 Å². The molecule has 31 heavy (non-hydrogen) atoms. The summed E-state index contributed by atoms with van der Waals surface area (Å²) in [5.74, 6) is -0.695. The van der Waals surface area contributed by atoms with Crippen molar-refractivity contribution in [2.45, 2.75) is 26.9 Å². The molecule has 1 N–H and O–H groups in total. The molecular weight excluding hydrogens is 419 g/mol. The van der Waals surface area contributed by atoms with Gasteiger partial charge in [0.25, 0.3) is 5.56 Å². The Morgan fingerprint density at radius 1 is 1.10 bits per heavy atom. The number of amides is 1. The number of nitrogens with zero attached hydrogens (tertiary/aromatic N) is 3. The Morgan fingerprint density at radius 3 is 2.52 bits per heavy atom. The van der Waals surface area contributed by atoms with Gasteiger partial charge in [0.2, 0.25) is 5.91 Å². The van der Waals surface area contributed by atoms with Crippen LogP contribution in [0.25, 0.3) is 10.8 Å². The van der Waals surface area contributed by atoms with E-state index in [2.05, 4.69) is 10.4 Å². The largest absolute Gasteiger partial charge is 0.343 e. The van der Waals surface area contributed by atoms with Crippen LogP contribution in [0.1, 0.15) is 17.0 Å². The van der Waals surface area contributed by atoms with Crippen LogP contribution in [0.3, 0.4) is 0 Å². The number of fused-ring (bicyclic) bond motifs is 1. The second-order valence-electron chi connectivity index (χ2n) is 7.31. The SMILES string of the molecule is Cc1c2cnn(CC(=O)Nc3ccccc3Cl)c(=O)c2c(C)n1Cc1ccc(F)cc1. The molecule has 0 saturated heterocycles. The number of rotatable bonds is 5. The van der Waals surface area contributed by atoms with Crippen LogP contribution in [-0.4, -0.2) is 20.3 Å². The van der Waals surface area contributed by atoms with E-state index in [-0.39, 0.29) is 17.9 Å². The lowest BCUT2D eigenvalue weighted by atomic mass is 10.2. The Morgan fingerprint density at radius 2 is 1.81 bits per heavy atom. The molecule has 4 aromatic rings. The van der Waals surface area contributed by atoms with Gasteiger partial charge in [-0.25, -0.2) is 9.07 Å². The van der Waals surface area contributed by atoms with Gasteiger partial charge in [-0.3, -0.25) is 9.59 Å². The molecule has 0 aliphatic heterocycles. The summed E-state index contributed by atoms with van der Waals surface area (Å²) < 4.78 is 16.4. The van der Waals surface area contributed by atoms with Crippen molar-refractivity contribution in [3.8, 4) is 0 Å². The Labute approximate surface area is 182 Å². The van der Waals surface area contributed by atoms with E-state index in [1.807, 2.05) is 18.4 Å². The van der Waals surface area contributed by atoms with Crippen molar-refractivity contribution in [3.63, 3.8) is 0 Å². The van der Waals surface area contributed by atoms with Gasteiger partial charge < -0.3 is 9.88 Å². The third-order valence-corrected chi connectivity index (χ3v) is 5.63. The quantitative estimate of drug-likeness (QED) is 0.505. The molecule has 2 aromatic heterocycles. The second-order valence-corrected chi connectivity index (χ2v) is 7.71. The average molecular weight is 439 g/mol. The van der Waals surface area contributed by atoms with E-state index in [1.54, 1.807) is 42.6 Å². The van der Waals surface area contributed by atoms with Gasteiger partial charge in [-0.1, -0.05) is 35.9 Å². The molecule has 0 bridgehead atoms. The second kappa shape index (κ2) is 8.35. The van der Waals surface area contributed by atoms with E-state index in [0.29, 0.717) is 22.6 Å². The fourth-order valence-electron chi connectivity index (χ4n) is 3.66. The number of aryl methyl sites for hydroxylation is 2. The zero-order valence-corrected chi connectivity index (χ0v) is 17.8. The molecule has 0 unspecified atom stereocenters. The summed E-state index contributed by atoms with van der Waals surface area (Å²) in [5.41, 5.74) is 2.70. The van der Waals surface area contributed by atoms with Gasteiger partial charge in [0, 0.05) is 23.3 Å². The summed E-state index contributed by atoms with van der Waals surface area (Å²) in [4.78, 5) is 25.5. The summed E-state index contributed by atoms with van der Waals surface area (Å²) in [5, 5.41) is 8.54. The first-order valence-electron chi connectivity index (χ1n) is 9.69. The highest BCUT2D eigenvalue weighted by Crippen LogP contribution is 2.23. The third-order valence-electron chi connectivity index (χ3n) is 5.30. The molecule has 0 fully saturated rings. The van der Waals surface area contributed by atoms with Crippen LogP contribution in [0.2, 0.25) is 5.02 Å². The van der Waals surface area contributed by atoms with Gasteiger partial charge in [0.1, 0.15) is 12.4 Å². The van der Waals surface area contributed by atoms with Gasteiger partial charge in [0.15, 0.2) is 0 Å². The van der Waals surface area contributed by atoms with E-state index in [0.717, 1.165) is 27.0 Å². The maximum atomic E-state index is 13.2. The van der Waals surface area contributed by atoms with Crippen LogP contribution in [0, 0.1) is 19.7 Å². The molecule has 0 aliphatic rings. The molecule has 0 aliphatic carbocycles. The van der Waals surface area contributed by atoms with Gasteiger partial charge in [0.05, 0.1) is 22.3 Å². The van der Waals surface area contributed by atoms with Crippen molar-refractivity contribution in [2.75, 3.05) is 5.32 Å². The molecule has 0 atom stereocenters. The summed E-state index contributed by atoms with van der Waals surface area (Å²) in [7, 11) is 0. The summed E-state index contributed by atoms with van der Waals surface area (Å²) in [6.45, 7) is 4.03. The number of anilines is 1. The number of hydrogen-bond donors (Lipinski definition) is 1. The van der Waals surface area contributed by atoms with Crippen molar-refractivity contribution < 1.29 is 9.18 Å². The number of para-hydroxylation sites is 1. The topological polar surface area (TPSA) is 68.9 Å². The standard InChI is InChI=1S/C23H20ClFN4O2/c1-14-18-11-26-29(13-21(30)27-20-6-4-3-5-19(20)24)23(31)22(18)15(2)28(14)12-16-7-9-17(25)10-8-16/h3-11H,12-13H2,1-2H3,(H,27,30). The monoisotopic (exact) mass is 438 g/mol. The Hall–Kier alpha value is -3.45. The molecule has 158 valence electrons. The molecular formula is C23H20ClFN4O2. The number of carbonyl (C=O) groups is 1. The summed E-state index contributed by atoms with van der Waals surface area (Å²) >= 11 is 6.07. The van der Waals surface area contributed by atoms with Crippen molar-refractivity contribution in [3.05, 3.63) is 92.9 Å². The predicted molar refractivity (Wildman–Crippen MR) is 119 cm³/mol. The molecule has 0 saturated carbocycles. The highest BCUT2D eigenvalue weighted by atomic mass is 35.5. The summed E-state index contributed by atoms with van der Waals surface area (Å²) in [6, 6.07) is 13.1. The van der Waals surface area contributed by atoms with Crippen molar-refractivity contribution in [2.24, 2.45) is 0 Å². The van der Waals surface area contributed by atoms with Crippen LogP contribution in [0.15, 0.2) is 59.5 Å². The number of carbonyl (C=O) groups excluding carboxylic acids is 1. The van der Waals surface area contributed by atoms with Crippen LogP contribution in [-0.2, 0) is 17.9 Å². The maximum absolute atomic E-state index is 13.2. The number of halogens is 2. The van der Waals surface area contributed by atoms with E-state index in [1.165, 1.54) is 12.1 Å². The first-order valence-corrected chi connectivity index (χ1v) is 10.1. The van der Waals surface area contributed by atoms with E-state index in [9.17, 15) is 14.0 Å². The van der Waals surface area contributed by atoms with Crippen molar-refractivity contribution in [1.29, 1.82) is 0 Å². The first kappa shape index (κ1) is 20.8. The molecule has 2 aromatic carbocycles. The number of hydrogen-bond acceptors (Lipinski definition) is 3. The van der Waals surface area contributed by atoms with Crippen LogP contribution >= 0.6 is 11.6 Å². The summed E-state index contributed by atoms with van der Waals surface area (Å²) in [6.07, 6.45) is 1.60. The minimum absolute atomic E-state index is 0.234. The van der Waals surface area contributed by atoms with Crippen molar-refractivity contribution in [1.82, 2.24) is 14.3 Å².